The molecule has 0 aromatic heterocycles. The molecule has 0 N–H and O–H groups in total. The van der Waals surface area contributed by atoms with Gasteiger partial charge in [-0.05, 0) is 24.7 Å². The van der Waals surface area contributed by atoms with E-state index in [1.165, 1.54) is 128 Å². The molecule has 39 heavy (non-hydrogen) atoms. The molecule has 0 aromatic carbocycles. The normalized spacial score (nSPS) is 13.6. The van der Waals surface area contributed by atoms with Crippen LogP contribution in [0, 0.1) is 11.8 Å². The van der Waals surface area contributed by atoms with Crippen LogP contribution in [0.4, 0.5) is 0 Å². The Kier molecular flexibility index (Phi) is 29.3. The zero-order valence-electron chi connectivity index (χ0n) is 27.0. The summed E-state index contributed by atoms with van der Waals surface area (Å²) >= 11 is 0. The highest BCUT2D eigenvalue weighted by Gasteiger charge is 2.12. The summed E-state index contributed by atoms with van der Waals surface area (Å²) in [5.41, 5.74) is 0. The van der Waals surface area contributed by atoms with Gasteiger partial charge in [0.1, 0.15) is 0 Å². The second-order valence-electron chi connectivity index (χ2n) is 12.5. The average molecular weight is 575 g/mol. The lowest BCUT2D eigenvalue weighted by atomic mass is 9.97. The number of hydrogen-bond donors (Lipinski definition) is 0. The van der Waals surface area contributed by atoms with Crippen molar-refractivity contribution in [3.63, 3.8) is 0 Å². The predicted molar refractivity (Wildman–Crippen MR) is 171 cm³/mol. The maximum atomic E-state index is 12.0. The molecule has 2 unspecified atom stereocenters. The fourth-order valence-corrected chi connectivity index (χ4v) is 6.15. The van der Waals surface area contributed by atoms with Crippen LogP contribution in [-0.4, -0.2) is 21.6 Å². The Morgan fingerprint density at radius 2 is 0.667 bits per heavy atom. The van der Waals surface area contributed by atoms with Crippen molar-refractivity contribution in [2.75, 3.05) is 13.2 Å². The molecule has 0 heterocycles. The van der Waals surface area contributed by atoms with E-state index >= 15 is 0 Å². The third-order valence-electron chi connectivity index (χ3n) is 8.24. The predicted octanol–water partition coefficient (Wildman–Crippen LogP) is 11.7. The Balaban J connectivity index is 3.50. The zero-order chi connectivity index (χ0) is 28.9. The van der Waals surface area contributed by atoms with E-state index in [0.29, 0.717) is 11.8 Å². The van der Waals surface area contributed by atoms with Crippen LogP contribution in [0.5, 0.6) is 0 Å². The van der Waals surface area contributed by atoms with Crippen molar-refractivity contribution in [3.05, 3.63) is 0 Å². The van der Waals surface area contributed by atoms with Crippen molar-refractivity contribution in [1.82, 2.24) is 0 Å². The van der Waals surface area contributed by atoms with Gasteiger partial charge in [-0.25, -0.2) is 8.37 Å². The molecule has 0 amide bonds. The maximum Gasteiger partial charge on any atom is 0.399 e. The highest BCUT2D eigenvalue weighted by molar-refractivity contribution is 7.81. The highest BCUT2D eigenvalue weighted by Crippen LogP contribution is 2.19. The van der Waals surface area contributed by atoms with Gasteiger partial charge < -0.3 is 0 Å². The van der Waals surface area contributed by atoms with Gasteiger partial charge in [0.15, 0.2) is 0 Å². The Bertz CT molecular complexity index is 534. The van der Waals surface area contributed by atoms with Crippen LogP contribution in [0.25, 0.3) is 0 Å². The van der Waals surface area contributed by atoms with E-state index in [0.717, 1.165) is 38.5 Å². The van der Waals surface area contributed by atoms with Crippen LogP contribution in [0.2, 0.25) is 0 Å². The van der Waals surface area contributed by atoms with Gasteiger partial charge >= 0.3 is 10.4 Å². The fraction of sp³-hybridized carbons (Fsp3) is 1.00. The first kappa shape index (κ1) is 38.9. The van der Waals surface area contributed by atoms with E-state index in [4.69, 9.17) is 8.37 Å². The Morgan fingerprint density at radius 1 is 0.410 bits per heavy atom. The van der Waals surface area contributed by atoms with E-state index in [9.17, 15) is 8.42 Å². The quantitative estimate of drug-likeness (QED) is 0.0750. The van der Waals surface area contributed by atoms with Crippen LogP contribution < -0.4 is 0 Å². The smallest absolute Gasteiger partial charge is 0.248 e. The Morgan fingerprint density at radius 3 is 0.974 bits per heavy atom. The third-order valence-corrected chi connectivity index (χ3v) is 9.15. The lowest BCUT2D eigenvalue weighted by Crippen LogP contribution is -2.12. The largest absolute Gasteiger partial charge is 0.399 e. The van der Waals surface area contributed by atoms with Crippen LogP contribution >= 0.6 is 0 Å². The first-order valence-corrected chi connectivity index (χ1v) is 18.8. The number of hydrogen-bond acceptors (Lipinski definition) is 4. The van der Waals surface area contributed by atoms with Gasteiger partial charge in [-0.1, -0.05) is 182 Å². The molecule has 0 aliphatic rings. The van der Waals surface area contributed by atoms with Crippen molar-refractivity contribution in [2.45, 2.75) is 195 Å². The molecular formula is C34H70O4S. The first-order valence-electron chi connectivity index (χ1n) is 17.4. The van der Waals surface area contributed by atoms with Gasteiger partial charge in [-0.15, -0.1) is 0 Å². The second kappa shape index (κ2) is 29.4. The minimum atomic E-state index is -3.84. The summed E-state index contributed by atoms with van der Waals surface area (Å²) in [6.45, 7) is 9.66. The molecule has 0 aromatic rings. The molecule has 0 fully saturated rings. The van der Waals surface area contributed by atoms with Crippen molar-refractivity contribution >= 4 is 10.4 Å². The topological polar surface area (TPSA) is 52.6 Å². The van der Waals surface area contributed by atoms with Crippen molar-refractivity contribution in [1.29, 1.82) is 0 Å². The summed E-state index contributed by atoms with van der Waals surface area (Å²) in [4.78, 5) is 0. The minimum Gasteiger partial charge on any atom is -0.248 e. The summed E-state index contributed by atoms with van der Waals surface area (Å²) in [7, 11) is -3.84. The Labute approximate surface area is 246 Å². The highest BCUT2D eigenvalue weighted by atomic mass is 32.3. The molecule has 0 aliphatic heterocycles. The van der Waals surface area contributed by atoms with E-state index in [1.54, 1.807) is 0 Å². The summed E-state index contributed by atoms with van der Waals surface area (Å²) < 4.78 is 34.1. The van der Waals surface area contributed by atoms with E-state index in [-0.39, 0.29) is 13.2 Å². The van der Waals surface area contributed by atoms with Gasteiger partial charge in [-0.2, -0.15) is 8.42 Å². The minimum absolute atomic E-state index is 0.239. The van der Waals surface area contributed by atoms with Crippen molar-refractivity contribution in [3.8, 4) is 0 Å². The molecule has 0 aliphatic carbocycles. The van der Waals surface area contributed by atoms with Gasteiger partial charge in [0, 0.05) is 0 Å². The SMILES string of the molecule is CCCCCCCCCCCC(C)CCCCOS(=O)(=O)OCCCCC(C)CCCCCCCCCCC. The molecule has 5 heteroatoms. The number of unbranched alkanes of at least 4 members (excludes halogenated alkanes) is 18. The third kappa shape index (κ3) is 30.7. The maximum absolute atomic E-state index is 12.0. The second-order valence-corrected chi connectivity index (χ2v) is 13.8. The molecule has 236 valence electrons. The van der Waals surface area contributed by atoms with Crippen LogP contribution in [0.15, 0.2) is 0 Å². The molecule has 0 spiro atoms. The van der Waals surface area contributed by atoms with Crippen LogP contribution in [0.1, 0.15) is 195 Å². The molecule has 0 rings (SSSR count). The van der Waals surface area contributed by atoms with Gasteiger partial charge in [-0.3, -0.25) is 0 Å². The lowest BCUT2D eigenvalue weighted by Gasteiger charge is -2.12. The van der Waals surface area contributed by atoms with Crippen molar-refractivity contribution in [2.24, 2.45) is 11.8 Å². The summed E-state index contributed by atoms with van der Waals surface area (Å²) in [5, 5.41) is 0. The van der Waals surface area contributed by atoms with E-state index in [2.05, 4.69) is 27.7 Å². The molecule has 2 atom stereocenters. The molecular weight excluding hydrogens is 504 g/mol. The number of rotatable bonds is 32. The molecule has 0 bridgehead atoms. The Hall–Kier alpha value is -0.130. The summed E-state index contributed by atoms with van der Waals surface area (Å²) in [6.07, 6.45) is 33.2. The van der Waals surface area contributed by atoms with E-state index < -0.39 is 10.4 Å². The van der Waals surface area contributed by atoms with E-state index in [1.807, 2.05) is 0 Å². The van der Waals surface area contributed by atoms with Crippen molar-refractivity contribution < 1.29 is 16.8 Å². The first-order chi connectivity index (χ1) is 18.9. The molecule has 0 radical (unpaired) electrons. The average Bonchev–Trinajstić information content (AvgIpc) is 2.90. The van der Waals surface area contributed by atoms with Crippen LogP contribution in [-0.2, 0) is 18.8 Å². The molecule has 0 saturated carbocycles. The molecule has 0 saturated heterocycles. The standard InChI is InChI=1S/C34H70O4S/c1-5-7-9-11-13-15-17-19-21-27-33(3)29-23-25-31-37-39(35,36)38-32-26-24-30-34(4)28-22-20-18-16-14-12-10-8-6-2/h33-34H,5-32H2,1-4H3. The van der Waals surface area contributed by atoms with Gasteiger partial charge in [0.2, 0.25) is 0 Å². The fourth-order valence-electron chi connectivity index (χ4n) is 5.44. The summed E-state index contributed by atoms with van der Waals surface area (Å²) in [5.74, 6) is 1.43. The van der Waals surface area contributed by atoms with Crippen LogP contribution in [0.3, 0.4) is 0 Å². The summed E-state index contributed by atoms with van der Waals surface area (Å²) in [6, 6.07) is 0. The molecule has 4 nitrogen and oxygen atoms in total. The zero-order valence-corrected chi connectivity index (χ0v) is 27.8. The van der Waals surface area contributed by atoms with Gasteiger partial charge in [0.05, 0.1) is 13.2 Å². The lowest BCUT2D eigenvalue weighted by molar-refractivity contribution is 0.206. The van der Waals surface area contributed by atoms with Gasteiger partial charge in [0.25, 0.3) is 0 Å². The monoisotopic (exact) mass is 574 g/mol.